The van der Waals surface area contributed by atoms with Crippen molar-refractivity contribution in [3.63, 3.8) is 0 Å². The van der Waals surface area contributed by atoms with E-state index >= 15 is 0 Å². The fourth-order valence-corrected chi connectivity index (χ4v) is 1.75. The smallest absolute Gasteiger partial charge is 0.211 e. The SMILES string of the molecule is C=C/C=C\C(N)=C/C(=C)CC1=CC=C(NC=O)C(=C)C=C1. The molecule has 0 aromatic rings. The summed E-state index contributed by atoms with van der Waals surface area (Å²) in [6, 6.07) is 0. The first-order chi connectivity index (χ1) is 10.1. The molecule has 0 heterocycles. The quantitative estimate of drug-likeness (QED) is 0.556. The summed E-state index contributed by atoms with van der Waals surface area (Å²) < 4.78 is 0. The molecule has 1 rings (SSSR count). The molecule has 0 aromatic heterocycles. The number of amides is 1. The van der Waals surface area contributed by atoms with Crippen LogP contribution in [-0.4, -0.2) is 6.41 Å². The molecule has 1 amide bonds. The Morgan fingerprint density at radius 3 is 2.76 bits per heavy atom. The normalized spacial score (nSPS) is 15.2. The highest BCUT2D eigenvalue weighted by Crippen LogP contribution is 2.19. The number of allylic oxidation sites excluding steroid dienone is 10. The maximum Gasteiger partial charge on any atom is 0.211 e. The Balaban J connectivity index is 2.79. The molecule has 3 N–H and O–H groups in total. The van der Waals surface area contributed by atoms with Crippen LogP contribution in [0, 0.1) is 0 Å². The molecule has 3 heteroatoms. The van der Waals surface area contributed by atoms with E-state index in [0.717, 1.165) is 16.7 Å². The molecule has 0 spiro atoms. The van der Waals surface area contributed by atoms with Crippen LogP contribution in [0.4, 0.5) is 0 Å². The molecule has 0 aromatic carbocycles. The van der Waals surface area contributed by atoms with Crippen molar-refractivity contribution in [1.82, 2.24) is 5.32 Å². The van der Waals surface area contributed by atoms with Crippen LogP contribution in [0.15, 0.2) is 96.5 Å². The Hall–Kier alpha value is -2.81. The van der Waals surface area contributed by atoms with E-state index in [2.05, 4.69) is 25.1 Å². The van der Waals surface area contributed by atoms with Crippen molar-refractivity contribution in [3.05, 3.63) is 96.5 Å². The second kappa shape index (κ2) is 8.38. The molecule has 0 bridgehead atoms. The van der Waals surface area contributed by atoms with Crippen LogP contribution >= 0.6 is 0 Å². The van der Waals surface area contributed by atoms with E-state index in [0.29, 0.717) is 24.2 Å². The highest BCUT2D eigenvalue weighted by molar-refractivity contribution is 5.57. The van der Waals surface area contributed by atoms with Crippen molar-refractivity contribution in [2.24, 2.45) is 5.73 Å². The van der Waals surface area contributed by atoms with E-state index < -0.39 is 0 Å². The number of carbonyl (C=O) groups is 1. The van der Waals surface area contributed by atoms with Crippen molar-refractivity contribution in [3.8, 4) is 0 Å². The maximum atomic E-state index is 10.5. The Morgan fingerprint density at radius 2 is 2.10 bits per heavy atom. The predicted octanol–water partition coefficient (Wildman–Crippen LogP) is 3.20. The number of nitrogens with two attached hydrogens (primary N) is 1. The Labute approximate surface area is 125 Å². The highest BCUT2D eigenvalue weighted by Gasteiger charge is 2.03. The van der Waals surface area contributed by atoms with Gasteiger partial charge in [-0.3, -0.25) is 4.79 Å². The van der Waals surface area contributed by atoms with Crippen LogP contribution in [0.25, 0.3) is 0 Å². The molecule has 0 saturated carbocycles. The van der Waals surface area contributed by atoms with Crippen molar-refractivity contribution >= 4 is 6.41 Å². The van der Waals surface area contributed by atoms with E-state index in [-0.39, 0.29) is 0 Å². The average molecular weight is 280 g/mol. The highest BCUT2D eigenvalue weighted by atomic mass is 16.1. The van der Waals surface area contributed by atoms with E-state index in [1.54, 1.807) is 18.2 Å². The van der Waals surface area contributed by atoms with Gasteiger partial charge in [0, 0.05) is 11.4 Å². The summed E-state index contributed by atoms with van der Waals surface area (Å²) in [5, 5.41) is 2.62. The van der Waals surface area contributed by atoms with Gasteiger partial charge in [0.2, 0.25) is 6.41 Å². The zero-order chi connectivity index (χ0) is 15.7. The molecular formula is C18H20N2O. The molecule has 3 nitrogen and oxygen atoms in total. The van der Waals surface area contributed by atoms with Crippen LogP contribution in [0.5, 0.6) is 0 Å². The summed E-state index contributed by atoms with van der Waals surface area (Å²) in [5.41, 5.74) is 9.85. The van der Waals surface area contributed by atoms with E-state index in [1.807, 2.05) is 30.4 Å². The van der Waals surface area contributed by atoms with E-state index in [4.69, 9.17) is 5.73 Å². The van der Waals surface area contributed by atoms with Crippen molar-refractivity contribution in [2.75, 3.05) is 0 Å². The first-order valence-corrected chi connectivity index (χ1v) is 6.49. The van der Waals surface area contributed by atoms with Gasteiger partial charge >= 0.3 is 0 Å². The monoisotopic (exact) mass is 280 g/mol. The van der Waals surface area contributed by atoms with Crippen LogP contribution in [-0.2, 0) is 4.79 Å². The Bertz CT molecular complexity index is 599. The number of hydrogen-bond acceptors (Lipinski definition) is 2. The molecule has 1 aliphatic rings. The van der Waals surface area contributed by atoms with Gasteiger partial charge in [-0.1, -0.05) is 50.1 Å². The zero-order valence-corrected chi connectivity index (χ0v) is 12.0. The zero-order valence-electron chi connectivity index (χ0n) is 12.0. The average Bonchev–Trinajstić information content (AvgIpc) is 2.61. The minimum atomic E-state index is 0.626. The van der Waals surface area contributed by atoms with Gasteiger partial charge in [-0.05, 0) is 41.4 Å². The molecule has 0 atom stereocenters. The predicted molar refractivity (Wildman–Crippen MR) is 89.0 cm³/mol. The number of nitrogens with one attached hydrogen (secondary N) is 1. The molecule has 108 valence electrons. The largest absolute Gasteiger partial charge is 0.399 e. The summed E-state index contributed by atoms with van der Waals surface area (Å²) in [7, 11) is 0. The lowest BCUT2D eigenvalue weighted by Crippen LogP contribution is -2.10. The molecule has 0 saturated heterocycles. The number of rotatable bonds is 7. The lowest BCUT2D eigenvalue weighted by atomic mass is 10.0. The molecule has 0 unspecified atom stereocenters. The topological polar surface area (TPSA) is 55.1 Å². The minimum Gasteiger partial charge on any atom is -0.399 e. The van der Waals surface area contributed by atoms with Crippen LogP contribution in [0.1, 0.15) is 6.42 Å². The first-order valence-electron chi connectivity index (χ1n) is 6.49. The molecule has 0 fully saturated rings. The third-order valence-electron chi connectivity index (χ3n) is 2.75. The standard InChI is InChI=1S/C18H20N2O/c1-4-5-6-17(19)12-14(2)11-16-8-7-15(3)18(10-9-16)20-13-21/h4-10,12-13H,1-3,11,19H2,(H,20,21)/b6-5-,17-12+. The lowest BCUT2D eigenvalue weighted by Gasteiger charge is -2.02. The van der Waals surface area contributed by atoms with Gasteiger partial charge in [0.05, 0.1) is 0 Å². The number of carbonyl (C=O) groups excluding carboxylic acids is 1. The fourth-order valence-electron chi connectivity index (χ4n) is 1.75. The van der Waals surface area contributed by atoms with Gasteiger partial charge in [0.1, 0.15) is 0 Å². The number of hydrogen-bond donors (Lipinski definition) is 2. The lowest BCUT2D eigenvalue weighted by molar-refractivity contribution is -0.108. The minimum absolute atomic E-state index is 0.626. The van der Waals surface area contributed by atoms with Gasteiger partial charge in [0.25, 0.3) is 0 Å². The second-order valence-electron chi connectivity index (χ2n) is 4.52. The van der Waals surface area contributed by atoms with Crippen molar-refractivity contribution in [2.45, 2.75) is 6.42 Å². The van der Waals surface area contributed by atoms with Crippen LogP contribution < -0.4 is 11.1 Å². The maximum absolute atomic E-state index is 10.5. The van der Waals surface area contributed by atoms with Crippen molar-refractivity contribution in [1.29, 1.82) is 0 Å². The third kappa shape index (κ3) is 5.78. The Kier molecular flexibility index (Phi) is 6.48. The Morgan fingerprint density at radius 1 is 1.33 bits per heavy atom. The van der Waals surface area contributed by atoms with Gasteiger partial charge in [-0.15, -0.1) is 0 Å². The van der Waals surface area contributed by atoms with Gasteiger partial charge in [-0.2, -0.15) is 0 Å². The van der Waals surface area contributed by atoms with Gasteiger partial charge in [-0.25, -0.2) is 0 Å². The molecular weight excluding hydrogens is 260 g/mol. The molecule has 21 heavy (non-hydrogen) atoms. The third-order valence-corrected chi connectivity index (χ3v) is 2.75. The second-order valence-corrected chi connectivity index (χ2v) is 4.52. The molecule has 1 aliphatic carbocycles. The fraction of sp³-hybridized carbons (Fsp3) is 0.0556. The van der Waals surface area contributed by atoms with Crippen molar-refractivity contribution < 1.29 is 4.79 Å². The van der Waals surface area contributed by atoms with Crippen LogP contribution in [0.3, 0.4) is 0 Å². The van der Waals surface area contributed by atoms with E-state index in [9.17, 15) is 4.79 Å². The van der Waals surface area contributed by atoms with Crippen LogP contribution in [0.2, 0.25) is 0 Å². The molecule has 0 radical (unpaired) electrons. The summed E-state index contributed by atoms with van der Waals surface area (Å²) in [4.78, 5) is 10.5. The summed E-state index contributed by atoms with van der Waals surface area (Å²) in [6.45, 7) is 11.5. The first kappa shape index (κ1) is 16.2. The summed E-state index contributed by atoms with van der Waals surface area (Å²) in [6.07, 6.45) is 15.9. The van der Waals surface area contributed by atoms with Gasteiger partial charge < -0.3 is 11.1 Å². The summed E-state index contributed by atoms with van der Waals surface area (Å²) in [5.74, 6) is 0. The molecule has 0 aliphatic heterocycles. The van der Waals surface area contributed by atoms with Gasteiger partial charge in [0.15, 0.2) is 0 Å². The van der Waals surface area contributed by atoms with E-state index in [1.165, 1.54) is 0 Å². The summed E-state index contributed by atoms with van der Waals surface area (Å²) >= 11 is 0.